The standard InChI is InChI=1S/C75H126N2.2CH3.Pd/c1-7-13-19-24-27-28-29-30-31-32-33-34-35-36-37-38-39-40-41-42-43-44-45-48-53-59-73-72(58-18-12-6)74(70-64-68(56-51-46-25-20-14-8-2)61-69(65-70)57-52-47-26-21-15-9-3)77(76)75(73)71-62-66(54-49-22-16-10-4)60-67(63-71)55-50-23-17-11-5;;;/h60-65H,7-52,54-58H2,1-6H3;2*1H3;/q;2*-1;+2. The van der Waals surface area contributed by atoms with Crippen LogP contribution < -0.4 is 0 Å². The zero-order valence-corrected chi connectivity index (χ0v) is 56.3. The van der Waals surface area contributed by atoms with Crippen molar-refractivity contribution in [1.29, 1.82) is 0 Å². The van der Waals surface area contributed by atoms with Crippen molar-refractivity contribution in [1.82, 2.24) is 0 Å². The summed E-state index contributed by atoms with van der Waals surface area (Å²) in [6.07, 6.45) is 66.9. The smallest absolute Gasteiger partial charge is 0.493 e. The average Bonchev–Trinajstić information content (AvgIpc) is 3.97. The first-order chi connectivity index (χ1) is 38.0. The van der Waals surface area contributed by atoms with Crippen LogP contribution in [0.2, 0.25) is 0 Å². The third kappa shape index (κ3) is 35.8. The van der Waals surface area contributed by atoms with Gasteiger partial charge in [0, 0.05) is 23.1 Å². The Bertz CT molecular complexity index is 1840. The summed E-state index contributed by atoms with van der Waals surface area (Å²) >= 11 is 0. The fraction of sp³-hybridized carbons (Fsp3) is 0.740. The Morgan fingerprint density at radius 2 is 0.550 bits per heavy atom. The molecule has 1 heterocycles. The molecule has 0 spiro atoms. The number of benzene rings is 2. The summed E-state index contributed by atoms with van der Waals surface area (Å²) in [7, 11) is 0. The number of allylic oxidation sites excluding steroid dienone is 2. The molecule has 0 fully saturated rings. The third-order valence-electron chi connectivity index (χ3n) is 17.1. The molecule has 0 amide bonds. The molecule has 0 radical (unpaired) electrons. The Morgan fingerprint density at radius 3 is 0.850 bits per heavy atom. The Labute approximate surface area is 515 Å². The van der Waals surface area contributed by atoms with Gasteiger partial charge in [-0.2, -0.15) is 0 Å². The minimum Gasteiger partial charge on any atom is -0.493 e. The Balaban J connectivity index is 0.0000208. The Hall–Kier alpha value is -2.26. The van der Waals surface area contributed by atoms with E-state index in [-0.39, 0.29) is 35.3 Å². The van der Waals surface area contributed by atoms with E-state index in [9.17, 15) is 5.53 Å². The predicted octanol–water partition coefficient (Wildman–Crippen LogP) is 26.4. The summed E-state index contributed by atoms with van der Waals surface area (Å²) in [5.74, 6) is 7.62. The van der Waals surface area contributed by atoms with E-state index in [0.29, 0.717) is 0 Å². The van der Waals surface area contributed by atoms with Crippen molar-refractivity contribution in [2.75, 3.05) is 0 Å². The molecular formula is C77H132N2Pd. The van der Waals surface area contributed by atoms with Crippen LogP contribution in [0, 0.1) is 26.7 Å². The summed E-state index contributed by atoms with van der Waals surface area (Å²) in [6.45, 7) is 13.9. The summed E-state index contributed by atoms with van der Waals surface area (Å²) in [5, 5.41) is 0. The first kappa shape index (κ1) is 77.7. The van der Waals surface area contributed by atoms with Crippen LogP contribution in [0.4, 0.5) is 0 Å². The molecule has 2 aromatic carbocycles. The number of aryl methyl sites for hydroxylation is 4. The third-order valence-corrected chi connectivity index (χ3v) is 17.1. The van der Waals surface area contributed by atoms with E-state index in [2.05, 4.69) is 89.8 Å². The Kier molecular flexibility index (Phi) is 53.1. The molecule has 3 heteroatoms. The van der Waals surface area contributed by atoms with Gasteiger partial charge in [0.1, 0.15) is 5.57 Å². The number of hydrogen-bond donors (Lipinski definition) is 0. The van der Waals surface area contributed by atoms with Gasteiger partial charge in [-0.3, -0.25) is 0 Å². The van der Waals surface area contributed by atoms with E-state index >= 15 is 0 Å². The molecule has 0 saturated heterocycles. The summed E-state index contributed by atoms with van der Waals surface area (Å²) < 4.78 is 1.64. The predicted molar refractivity (Wildman–Crippen MR) is 357 cm³/mol. The number of rotatable bonds is 52. The minimum atomic E-state index is 0. The van der Waals surface area contributed by atoms with Gasteiger partial charge in [0.15, 0.2) is 0 Å². The molecule has 1 aliphatic rings. The van der Waals surface area contributed by atoms with Crippen LogP contribution in [-0.4, -0.2) is 4.70 Å². The van der Waals surface area contributed by atoms with Crippen LogP contribution >= 0.6 is 0 Å². The molecule has 2 nitrogen and oxygen atoms in total. The van der Waals surface area contributed by atoms with Crippen molar-refractivity contribution in [3.05, 3.63) is 101 Å². The maximum atomic E-state index is 13.0. The molecule has 3 rings (SSSR count). The normalized spacial score (nSPS) is 12.2. The molecule has 0 unspecified atom stereocenters. The molecule has 0 N–H and O–H groups in total. The number of hydrogen-bond acceptors (Lipinski definition) is 0. The van der Waals surface area contributed by atoms with Gasteiger partial charge >= 0.3 is 20.4 Å². The van der Waals surface area contributed by atoms with Crippen LogP contribution in [-0.2, 0) is 46.1 Å². The van der Waals surface area contributed by atoms with Crippen molar-refractivity contribution < 1.29 is 25.1 Å². The van der Waals surface area contributed by atoms with Crippen molar-refractivity contribution in [2.45, 2.75) is 369 Å². The molecule has 0 aliphatic carbocycles. The van der Waals surface area contributed by atoms with Gasteiger partial charge in [0.2, 0.25) is 11.4 Å². The maximum Gasteiger partial charge on any atom is 2.00 e. The van der Waals surface area contributed by atoms with Crippen molar-refractivity contribution in [3.63, 3.8) is 0 Å². The van der Waals surface area contributed by atoms with Gasteiger partial charge in [0.05, 0.1) is 0 Å². The van der Waals surface area contributed by atoms with Crippen LogP contribution in [0.15, 0.2) is 47.5 Å². The summed E-state index contributed by atoms with van der Waals surface area (Å²) in [4.78, 5) is 0. The fourth-order valence-electron chi connectivity index (χ4n) is 12.2. The van der Waals surface area contributed by atoms with Gasteiger partial charge < -0.3 is 20.4 Å². The molecule has 0 atom stereocenters. The quantitative estimate of drug-likeness (QED) is 0.0207. The molecule has 460 valence electrons. The van der Waals surface area contributed by atoms with Gasteiger partial charge in [-0.15, -0.1) is 0 Å². The zero-order valence-electron chi connectivity index (χ0n) is 54.7. The first-order valence-electron chi connectivity index (χ1n) is 34.7. The molecule has 1 aliphatic heterocycles. The Morgan fingerprint density at radius 1 is 0.300 bits per heavy atom. The zero-order chi connectivity index (χ0) is 55.1. The molecule has 0 saturated carbocycles. The molecule has 0 bridgehead atoms. The molecule has 0 aromatic heterocycles. The second-order valence-electron chi connectivity index (χ2n) is 24.5. The van der Waals surface area contributed by atoms with Crippen LogP contribution in [0.25, 0.3) is 16.9 Å². The second-order valence-corrected chi connectivity index (χ2v) is 24.5. The van der Waals surface area contributed by atoms with Gasteiger partial charge in [-0.05, 0) is 117 Å². The summed E-state index contributed by atoms with van der Waals surface area (Å²) in [6, 6.07) is 14.8. The van der Waals surface area contributed by atoms with Gasteiger partial charge in [-0.1, -0.05) is 316 Å². The average molecular weight is 1190 g/mol. The maximum absolute atomic E-state index is 13.0. The van der Waals surface area contributed by atoms with Crippen molar-refractivity contribution in [2.24, 2.45) is 0 Å². The molecule has 2 aromatic rings. The van der Waals surface area contributed by atoms with Crippen LogP contribution in [0.1, 0.15) is 377 Å². The van der Waals surface area contributed by atoms with E-state index in [1.165, 1.54) is 303 Å². The number of nitrogens with zero attached hydrogens (tertiary/aromatic N) is 2. The fourth-order valence-corrected chi connectivity index (χ4v) is 12.2. The largest absolute Gasteiger partial charge is 2.00 e. The van der Waals surface area contributed by atoms with E-state index in [1.807, 2.05) is 0 Å². The first-order valence-corrected chi connectivity index (χ1v) is 34.7. The van der Waals surface area contributed by atoms with E-state index in [1.54, 1.807) is 4.70 Å². The second kappa shape index (κ2) is 54.7. The molecule has 80 heavy (non-hydrogen) atoms. The van der Waals surface area contributed by atoms with Gasteiger partial charge in [0.25, 0.3) is 0 Å². The van der Waals surface area contributed by atoms with Crippen LogP contribution in [0.5, 0.6) is 0 Å². The van der Waals surface area contributed by atoms with E-state index < -0.39 is 0 Å². The van der Waals surface area contributed by atoms with Gasteiger partial charge in [-0.25, -0.2) is 4.70 Å². The van der Waals surface area contributed by atoms with E-state index in [4.69, 9.17) is 0 Å². The number of unbranched alkanes of at least 4 members (excludes halogenated alkanes) is 40. The summed E-state index contributed by atoms with van der Waals surface area (Å²) in [5.41, 5.74) is 25.4. The molecular weight excluding hydrogens is 1060 g/mol. The van der Waals surface area contributed by atoms with Crippen molar-refractivity contribution in [3.8, 4) is 11.8 Å². The van der Waals surface area contributed by atoms with Crippen molar-refractivity contribution >= 4 is 11.4 Å². The SMILES string of the molecule is CCCCCCCCCCCCCCCCCCCCCCCCCC#CC1=C(c2cc(CCCCCC)cc(CCCCCC)c2)[N+](=[N-])C(c2cc(CCCCCCCC)cc(CCCCCCCC)c2)=C1CCCC.[CH3-].[CH3-].[Pd+2]. The monoisotopic (exact) mass is 1190 g/mol. The topological polar surface area (TPSA) is 25.3 Å². The van der Waals surface area contributed by atoms with E-state index in [0.717, 1.165) is 80.3 Å². The van der Waals surface area contributed by atoms with Crippen LogP contribution in [0.3, 0.4) is 0 Å². The minimum absolute atomic E-state index is 0.